The molecular weight excluding hydrogens is 228 g/mol. The van der Waals surface area contributed by atoms with E-state index in [9.17, 15) is 8.78 Å². The van der Waals surface area contributed by atoms with E-state index < -0.39 is 6.55 Å². The van der Waals surface area contributed by atoms with Crippen LogP contribution in [0.3, 0.4) is 0 Å². The Morgan fingerprint density at radius 2 is 2.06 bits per heavy atom. The third-order valence-electron chi connectivity index (χ3n) is 2.39. The Kier molecular flexibility index (Phi) is 2.10. The average Bonchev–Trinajstić information content (AvgIpc) is 2.95. The van der Waals surface area contributed by atoms with Crippen molar-refractivity contribution in [3.8, 4) is 11.3 Å². The van der Waals surface area contributed by atoms with E-state index in [2.05, 4.69) is 15.1 Å². The highest BCUT2D eigenvalue weighted by Gasteiger charge is 2.11. The fourth-order valence-electron chi connectivity index (χ4n) is 1.62. The van der Waals surface area contributed by atoms with E-state index in [1.54, 1.807) is 29.1 Å². The molecule has 0 unspecified atom stereocenters. The second-order valence-corrected chi connectivity index (χ2v) is 3.42. The van der Waals surface area contributed by atoms with E-state index in [0.717, 1.165) is 0 Å². The quantitative estimate of drug-likeness (QED) is 0.682. The van der Waals surface area contributed by atoms with Crippen LogP contribution in [-0.4, -0.2) is 24.1 Å². The van der Waals surface area contributed by atoms with Crippen molar-refractivity contribution < 1.29 is 8.78 Å². The summed E-state index contributed by atoms with van der Waals surface area (Å²) in [7, 11) is 0. The number of halogens is 2. The predicted octanol–water partition coefficient (Wildman–Crippen LogP) is 1.99. The van der Waals surface area contributed by atoms with Crippen molar-refractivity contribution in [2.45, 2.75) is 6.55 Å². The standard InChI is InChI=1S/C10H7F2N5/c11-9(12)17-6-7(4-15-17)8-5-14-10-13-2-1-3-16(8)10/h1-6,9H. The molecule has 0 bridgehead atoms. The Morgan fingerprint density at radius 3 is 2.82 bits per heavy atom. The molecule has 0 aromatic carbocycles. The van der Waals surface area contributed by atoms with Crippen LogP contribution < -0.4 is 0 Å². The molecular formula is C10H7F2N5. The first kappa shape index (κ1) is 9.88. The highest BCUT2D eigenvalue weighted by Crippen LogP contribution is 2.21. The largest absolute Gasteiger partial charge is 0.333 e. The van der Waals surface area contributed by atoms with Crippen LogP contribution in [0.4, 0.5) is 8.78 Å². The number of alkyl halides is 2. The Labute approximate surface area is 94.3 Å². The van der Waals surface area contributed by atoms with E-state index in [1.807, 2.05) is 0 Å². The van der Waals surface area contributed by atoms with Gasteiger partial charge in [0.1, 0.15) is 0 Å². The Hall–Kier alpha value is -2.31. The van der Waals surface area contributed by atoms with Crippen LogP contribution in [0.5, 0.6) is 0 Å². The lowest BCUT2D eigenvalue weighted by atomic mass is 10.3. The predicted molar refractivity (Wildman–Crippen MR) is 55.5 cm³/mol. The Morgan fingerprint density at radius 1 is 1.18 bits per heavy atom. The van der Waals surface area contributed by atoms with Crippen molar-refractivity contribution in [1.82, 2.24) is 24.1 Å². The van der Waals surface area contributed by atoms with Crippen molar-refractivity contribution in [1.29, 1.82) is 0 Å². The zero-order chi connectivity index (χ0) is 11.8. The highest BCUT2D eigenvalue weighted by atomic mass is 19.3. The molecule has 0 spiro atoms. The minimum Gasteiger partial charge on any atom is -0.284 e. The third-order valence-corrected chi connectivity index (χ3v) is 2.39. The van der Waals surface area contributed by atoms with Gasteiger partial charge in [0.25, 0.3) is 0 Å². The van der Waals surface area contributed by atoms with Gasteiger partial charge in [-0.1, -0.05) is 0 Å². The topological polar surface area (TPSA) is 48.0 Å². The van der Waals surface area contributed by atoms with Crippen LogP contribution in [0, 0.1) is 0 Å². The molecule has 3 heterocycles. The molecule has 0 radical (unpaired) electrons. The van der Waals surface area contributed by atoms with E-state index in [-0.39, 0.29) is 0 Å². The molecule has 0 amide bonds. The molecule has 0 N–H and O–H groups in total. The number of hydrogen-bond donors (Lipinski definition) is 0. The molecule has 3 rings (SSSR count). The lowest BCUT2D eigenvalue weighted by Gasteiger charge is -1.97. The third kappa shape index (κ3) is 1.55. The number of imidazole rings is 1. The fourth-order valence-corrected chi connectivity index (χ4v) is 1.62. The smallest absolute Gasteiger partial charge is 0.284 e. The molecule has 86 valence electrons. The first-order valence-electron chi connectivity index (χ1n) is 4.86. The molecule has 0 saturated heterocycles. The van der Waals surface area contributed by atoms with Crippen molar-refractivity contribution >= 4 is 5.78 Å². The molecule has 5 nitrogen and oxygen atoms in total. The van der Waals surface area contributed by atoms with Crippen molar-refractivity contribution in [2.75, 3.05) is 0 Å². The minimum atomic E-state index is -2.64. The van der Waals surface area contributed by atoms with Gasteiger partial charge >= 0.3 is 6.55 Å². The van der Waals surface area contributed by atoms with Gasteiger partial charge < -0.3 is 0 Å². The van der Waals surface area contributed by atoms with Crippen LogP contribution in [0.15, 0.2) is 37.1 Å². The Bertz CT molecular complexity index is 657. The van der Waals surface area contributed by atoms with E-state index >= 15 is 0 Å². The van der Waals surface area contributed by atoms with Crippen LogP contribution in [0.2, 0.25) is 0 Å². The number of hydrogen-bond acceptors (Lipinski definition) is 3. The lowest BCUT2D eigenvalue weighted by molar-refractivity contribution is 0.0566. The van der Waals surface area contributed by atoms with Crippen molar-refractivity contribution in [2.24, 2.45) is 0 Å². The number of nitrogens with zero attached hydrogens (tertiary/aromatic N) is 5. The molecule has 0 atom stereocenters. The molecule has 0 saturated carbocycles. The van der Waals surface area contributed by atoms with E-state index in [4.69, 9.17) is 0 Å². The van der Waals surface area contributed by atoms with Gasteiger partial charge in [0.05, 0.1) is 18.1 Å². The Balaban J connectivity index is 2.14. The van der Waals surface area contributed by atoms with Gasteiger partial charge in [0, 0.05) is 24.2 Å². The molecule has 3 aromatic heterocycles. The SMILES string of the molecule is FC(F)n1cc(-c2cnc3ncccn23)cn1. The van der Waals surface area contributed by atoms with Crippen LogP contribution in [0.25, 0.3) is 17.0 Å². The summed E-state index contributed by atoms with van der Waals surface area (Å²) in [6.07, 6.45) is 7.62. The van der Waals surface area contributed by atoms with Crippen LogP contribution in [-0.2, 0) is 0 Å². The second-order valence-electron chi connectivity index (χ2n) is 3.42. The summed E-state index contributed by atoms with van der Waals surface area (Å²) in [6.45, 7) is -2.64. The van der Waals surface area contributed by atoms with Gasteiger partial charge in [-0.05, 0) is 6.07 Å². The van der Waals surface area contributed by atoms with Crippen molar-refractivity contribution in [3.05, 3.63) is 37.1 Å². The first-order chi connectivity index (χ1) is 8.25. The molecule has 17 heavy (non-hydrogen) atoms. The van der Waals surface area contributed by atoms with Crippen LogP contribution in [0.1, 0.15) is 6.55 Å². The van der Waals surface area contributed by atoms with Gasteiger partial charge in [-0.3, -0.25) is 4.40 Å². The van der Waals surface area contributed by atoms with E-state index in [0.29, 0.717) is 21.7 Å². The van der Waals surface area contributed by atoms with Crippen molar-refractivity contribution in [3.63, 3.8) is 0 Å². The number of aromatic nitrogens is 5. The zero-order valence-corrected chi connectivity index (χ0v) is 8.53. The molecule has 0 fully saturated rings. The second kappa shape index (κ2) is 3.62. The maximum atomic E-state index is 12.4. The summed E-state index contributed by atoms with van der Waals surface area (Å²) in [5, 5.41) is 3.58. The molecule has 0 aliphatic carbocycles. The number of rotatable bonds is 2. The van der Waals surface area contributed by atoms with Crippen LogP contribution >= 0.6 is 0 Å². The molecule has 0 aliphatic heterocycles. The van der Waals surface area contributed by atoms with Gasteiger partial charge in [0.2, 0.25) is 5.78 Å². The summed E-state index contributed by atoms with van der Waals surface area (Å²) >= 11 is 0. The summed E-state index contributed by atoms with van der Waals surface area (Å²) in [5.41, 5.74) is 1.26. The summed E-state index contributed by atoms with van der Waals surface area (Å²) < 4.78 is 27.1. The maximum absolute atomic E-state index is 12.4. The normalized spacial score (nSPS) is 11.5. The van der Waals surface area contributed by atoms with Gasteiger partial charge in [0.15, 0.2) is 0 Å². The summed E-state index contributed by atoms with van der Waals surface area (Å²) in [5.74, 6) is 0.521. The lowest BCUT2D eigenvalue weighted by Crippen LogP contribution is -1.96. The number of fused-ring (bicyclic) bond motifs is 1. The highest BCUT2D eigenvalue weighted by molar-refractivity contribution is 5.60. The monoisotopic (exact) mass is 235 g/mol. The molecule has 0 aliphatic rings. The van der Waals surface area contributed by atoms with Gasteiger partial charge in [-0.2, -0.15) is 13.9 Å². The maximum Gasteiger partial charge on any atom is 0.333 e. The first-order valence-corrected chi connectivity index (χ1v) is 4.86. The van der Waals surface area contributed by atoms with E-state index in [1.165, 1.54) is 12.4 Å². The average molecular weight is 235 g/mol. The van der Waals surface area contributed by atoms with Gasteiger partial charge in [-0.25, -0.2) is 14.6 Å². The van der Waals surface area contributed by atoms with Gasteiger partial charge in [-0.15, -0.1) is 0 Å². The molecule has 7 heteroatoms. The zero-order valence-electron chi connectivity index (χ0n) is 8.53. The molecule has 3 aromatic rings. The minimum absolute atomic E-state index is 0.521. The summed E-state index contributed by atoms with van der Waals surface area (Å²) in [4.78, 5) is 8.12. The fraction of sp³-hybridized carbons (Fsp3) is 0.100. The summed E-state index contributed by atoms with van der Waals surface area (Å²) in [6, 6.07) is 1.75.